The Morgan fingerprint density at radius 3 is 3.05 bits per heavy atom. The van der Waals surface area contributed by atoms with Gasteiger partial charge < -0.3 is 10.6 Å². The third kappa shape index (κ3) is 3.49. The van der Waals surface area contributed by atoms with E-state index in [0.29, 0.717) is 13.0 Å². The summed E-state index contributed by atoms with van der Waals surface area (Å²) in [5.41, 5.74) is 4.72. The van der Waals surface area contributed by atoms with Crippen LogP contribution < -0.4 is 10.6 Å². The zero-order valence-corrected chi connectivity index (χ0v) is 12.9. The van der Waals surface area contributed by atoms with Crippen LogP contribution in [0.5, 0.6) is 0 Å². The highest BCUT2D eigenvalue weighted by Gasteiger charge is 2.11. The molecule has 1 aliphatic heterocycles. The van der Waals surface area contributed by atoms with Gasteiger partial charge in [0.25, 0.3) is 0 Å². The van der Waals surface area contributed by atoms with E-state index < -0.39 is 0 Å². The number of nitrogens with one attached hydrogen (secondary N) is 2. The van der Waals surface area contributed by atoms with Gasteiger partial charge in [0, 0.05) is 25.0 Å². The van der Waals surface area contributed by atoms with Crippen molar-refractivity contribution in [3.05, 3.63) is 51.0 Å². The molecule has 1 aromatic heterocycles. The molecule has 1 amide bonds. The van der Waals surface area contributed by atoms with Crippen LogP contribution in [0.3, 0.4) is 0 Å². The first kappa shape index (κ1) is 14.2. The molecule has 0 saturated heterocycles. The molecule has 110 valence electrons. The molecule has 1 aliphatic rings. The fraction of sp³-hybridized carbons (Fsp3) is 0.375. The molecule has 5 heteroatoms. The Kier molecular flexibility index (Phi) is 4.31. The van der Waals surface area contributed by atoms with Gasteiger partial charge >= 0.3 is 0 Å². The lowest BCUT2D eigenvalue weighted by Gasteiger charge is -2.06. The van der Waals surface area contributed by atoms with Gasteiger partial charge in [0.1, 0.15) is 0 Å². The Morgan fingerprint density at radius 2 is 2.24 bits per heavy atom. The molecule has 0 fully saturated rings. The Balaban J connectivity index is 1.53. The van der Waals surface area contributed by atoms with E-state index in [9.17, 15) is 4.79 Å². The van der Waals surface area contributed by atoms with Gasteiger partial charge in [-0.05, 0) is 23.1 Å². The summed E-state index contributed by atoms with van der Waals surface area (Å²) in [7, 11) is 0. The largest absolute Gasteiger partial charge is 0.352 e. The number of benzene rings is 1. The van der Waals surface area contributed by atoms with Crippen LogP contribution in [-0.2, 0) is 37.3 Å². The van der Waals surface area contributed by atoms with E-state index in [0.717, 1.165) is 35.8 Å². The molecule has 0 atom stereocenters. The van der Waals surface area contributed by atoms with Crippen molar-refractivity contribution in [2.45, 2.75) is 39.4 Å². The standard InChI is InChI=1S/C16H19N3OS/c1-2-16-19-14(10-21-16)6-15(20)18-7-11-3-4-12-8-17-9-13(12)5-11/h3-5,10,17H,2,6-9H2,1H3,(H,18,20). The number of aromatic nitrogens is 1. The van der Waals surface area contributed by atoms with Crippen molar-refractivity contribution in [1.82, 2.24) is 15.6 Å². The summed E-state index contributed by atoms with van der Waals surface area (Å²) in [6, 6.07) is 6.41. The lowest BCUT2D eigenvalue weighted by molar-refractivity contribution is -0.120. The van der Waals surface area contributed by atoms with E-state index in [1.807, 2.05) is 5.38 Å². The number of fused-ring (bicyclic) bond motifs is 1. The minimum atomic E-state index is 0.0292. The number of thiazole rings is 1. The Labute approximate surface area is 128 Å². The van der Waals surface area contributed by atoms with Crippen LogP contribution in [0.25, 0.3) is 0 Å². The Bertz CT molecular complexity index is 651. The van der Waals surface area contributed by atoms with Crippen LogP contribution in [0, 0.1) is 0 Å². The van der Waals surface area contributed by atoms with Crippen LogP contribution in [0.1, 0.15) is 34.3 Å². The molecule has 2 heterocycles. The van der Waals surface area contributed by atoms with Crippen LogP contribution >= 0.6 is 11.3 Å². The molecule has 0 unspecified atom stereocenters. The van der Waals surface area contributed by atoms with E-state index in [1.165, 1.54) is 11.1 Å². The quantitative estimate of drug-likeness (QED) is 0.890. The summed E-state index contributed by atoms with van der Waals surface area (Å²) in [6.07, 6.45) is 1.29. The molecular formula is C16H19N3OS. The number of amides is 1. The molecule has 4 nitrogen and oxygen atoms in total. The predicted octanol–water partition coefficient (Wildman–Crippen LogP) is 2.17. The third-order valence-electron chi connectivity index (χ3n) is 3.63. The van der Waals surface area contributed by atoms with E-state index >= 15 is 0 Å². The molecule has 1 aromatic carbocycles. The van der Waals surface area contributed by atoms with Crippen LogP contribution in [0.2, 0.25) is 0 Å². The second kappa shape index (κ2) is 6.37. The number of carbonyl (C=O) groups excluding carboxylic acids is 1. The highest BCUT2D eigenvalue weighted by molar-refractivity contribution is 7.09. The third-order valence-corrected chi connectivity index (χ3v) is 4.68. The van der Waals surface area contributed by atoms with Gasteiger partial charge in [0.15, 0.2) is 0 Å². The van der Waals surface area contributed by atoms with E-state index in [4.69, 9.17) is 0 Å². The van der Waals surface area contributed by atoms with Crippen molar-refractivity contribution in [3.63, 3.8) is 0 Å². The number of hydrogen-bond donors (Lipinski definition) is 2. The molecule has 3 rings (SSSR count). The lowest BCUT2D eigenvalue weighted by atomic mass is 10.1. The number of hydrogen-bond acceptors (Lipinski definition) is 4. The van der Waals surface area contributed by atoms with E-state index in [1.54, 1.807) is 11.3 Å². The van der Waals surface area contributed by atoms with E-state index in [-0.39, 0.29) is 5.91 Å². The molecule has 0 spiro atoms. The van der Waals surface area contributed by atoms with Gasteiger partial charge in [-0.1, -0.05) is 25.1 Å². The lowest BCUT2D eigenvalue weighted by Crippen LogP contribution is -2.24. The SMILES string of the molecule is CCc1nc(CC(=O)NCc2ccc3c(c2)CNC3)cs1. The summed E-state index contributed by atoms with van der Waals surface area (Å²) in [5.74, 6) is 0.0292. The summed E-state index contributed by atoms with van der Waals surface area (Å²) in [4.78, 5) is 16.4. The van der Waals surface area contributed by atoms with Crippen molar-refractivity contribution in [2.75, 3.05) is 0 Å². The Morgan fingerprint density at radius 1 is 1.38 bits per heavy atom. The summed E-state index contributed by atoms with van der Waals surface area (Å²) >= 11 is 1.62. The molecule has 2 N–H and O–H groups in total. The molecule has 0 aliphatic carbocycles. The average Bonchev–Trinajstić information content (AvgIpc) is 3.13. The second-order valence-corrected chi connectivity index (χ2v) is 6.19. The first-order valence-corrected chi connectivity index (χ1v) is 8.14. The maximum absolute atomic E-state index is 12.0. The molecule has 2 aromatic rings. The van der Waals surface area contributed by atoms with Crippen LogP contribution in [0.4, 0.5) is 0 Å². The van der Waals surface area contributed by atoms with Gasteiger partial charge in [0.05, 0.1) is 17.1 Å². The highest BCUT2D eigenvalue weighted by Crippen LogP contribution is 2.17. The molecule has 0 radical (unpaired) electrons. The summed E-state index contributed by atoms with van der Waals surface area (Å²) in [6.45, 7) is 4.53. The monoisotopic (exact) mass is 301 g/mol. The normalized spacial score (nSPS) is 13.2. The van der Waals surface area contributed by atoms with Gasteiger partial charge in [-0.15, -0.1) is 11.3 Å². The van der Waals surface area contributed by atoms with Crippen molar-refractivity contribution in [2.24, 2.45) is 0 Å². The number of rotatable bonds is 5. The molecule has 21 heavy (non-hydrogen) atoms. The van der Waals surface area contributed by atoms with Crippen molar-refractivity contribution < 1.29 is 4.79 Å². The average molecular weight is 301 g/mol. The van der Waals surface area contributed by atoms with Gasteiger partial charge in [-0.25, -0.2) is 4.98 Å². The summed E-state index contributed by atoms with van der Waals surface area (Å²) in [5, 5.41) is 9.36. The predicted molar refractivity (Wildman–Crippen MR) is 84.0 cm³/mol. The minimum Gasteiger partial charge on any atom is -0.352 e. The van der Waals surface area contributed by atoms with Gasteiger partial charge in [-0.2, -0.15) is 0 Å². The molecular weight excluding hydrogens is 282 g/mol. The van der Waals surface area contributed by atoms with Crippen molar-refractivity contribution >= 4 is 17.2 Å². The minimum absolute atomic E-state index is 0.0292. The first-order chi connectivity index (χ1) is 10.2. The Hall–Kier alpha value is -1.72. The number of nitrogens with zero attached hydrogens (tertiary/aromatic N) is 1. The number of aryl methyl sites for hydroxylation is 1. The fourth-order valence-electron chi connectivity index (χ4n) is 2.48. The van der Waals surface area contributed by atoms with Crippen molar-refractivity contribution in [3.8, 4) is 0 Å². The maximum atomic E-state index is 12.0. The van der Waals surface area contributed by atoms with Crippen LogP contribution in [0.15, 0.2) is 23.6 Å². The molecule has 0 bridgehead atoms. The smallest absolute Gasteiger partial charge is 0.226 e. The number of carbonyl (C=O) groups is 1. The second-order valence-electron chi connectivity index (χ2n) is 5.25. The first-order valence-electron chi connectivity index (χ1n) is 7.26. The van der Waals surface area contributed by atoms with Gasteiger partial charge in [-0.3, -0.25) is 4.79 Å². The maximum Gasteiger partial charge on any atom is 0.226 e. The fourth-order valence-corrected chi connectivity index (χ4v) is 3.22. The van der Waals surface area contributed by atoms with Crippen LogP contribution in [-0.4, -0.2) is 10.9 Å². The van der Waals surface area contributed by atoms with Gasteiger partial charge in [0.2, 0.25) is 5.91 Å². The van der Waals surface area contributed by atoms with Crippen molar-refractivity contribution in [1.29, 1.82) is 0 Å². The zero-order chi connectivity index (χ0) is 14.7. The topological polar surface area (TPSA) is 54.0 Å². The molecule has 0 saturated carbocycles. The summed E-state index contributed by atoms with van der Waals surface area (Å²) < 4.78 is 0. The zero-order valence-electron chi connectivity index (χ0n) is 12.1. The highest BCUT2D eigenvalue weighted by atomic mass is 32.1. The van der Waals surface area contributed by atoms with E-state index in [2.05, 4.69) is 40.7 Å².